The van der Waals surface area contributed by atoms with Crippen LogP contribution in [0.2, 0.25) is 0 Å². The molecule has 0 radical (unpaired) electrons. The van der Waals surface area contributed by atoms with Gasteiger partial charge in [0.1, 0.15) is 28.7 Å². The van der Waals surface area contributed by atoms with Crippen molar-refractivity contribution in [3.05, 3.63) is 102 Å². The molecule has 0 bridgehead atoms. The standard InChI is InChI=1S/C27H18O4.2C3H8O/c28-18-5-1-15(2-6-18)25-26-21-9-7-19(29)13-16(21)3-11-23(26)31-24-12-4-17-14-20(30)8-10-22(17)27(24)25;1-3-4-2;1-2-3-4/h1-14,25,28-30H;3H2,1-2H3;4H,2-3H2,1H3. The van der Waals surface area contributed by atoms with E-state index in [1.807, 2.05) is 62.4 Å². The first-order valence-corrected chi connectivity index (χ1v) is 13.0. The summed E-state index contributed by atoms with van der Waals surface area (Å²) in [6.45, 7) is 5.03. The number of hydrogen-bond donors (Lipinski definition) is 4. The minimum atomic E-state index is -0.152. The van der Waals surface area contributed by atoms with Gasteiger partial charge in [-0.05, 0) is 89.0 Å². The van der Waals surface area contributed by atoms with Crippen molar-refractivity contribution in [2.45, 2.75) is 26.2 Å². The minimum absolute atomic E-state index is 0.152. The molecule has 0 unspecified atom stereocenters. The lowest BCUT2D eigenvalue weighted by Gasteiger charge is -2.31. The second kappa shape index (κ2) is 12.5. The molecule has 0 saturated carbocycles. The van der Waals surface area contributed by atoms with Gasteiger partial charge in [0, 0.05) is 37.4 Å². The maximum atomic E-state index is 9.99. The van der Waals surface area contributed by atoms with Crippen molar-refractivity contribution in [2.24, 2.45) is 0 Å². The van der Waals surface area contributed by atoms with Crippen LogP contribution in [0, 0.1) is 0 Å². The summed E-state index contributed by atoms with van der Waals surface area (Å²) in [5, 5.41) is 41.6. The molecule has 202 valence electrons. The molecule has 6 heteroatoms. The molecule has 0 amide bonds. The molecular weight excluding hydrogens is 492 g/mol. The predicted molar refractivity (Wildman–Crippen MR) is 155 cm³/mol. The number of aliphatic hydroxyl groups excluding tert-OH is 1. The van der Waals surface area contributed by atoms with Gasteiger partial charge in [0.25, 0.3) is 0 Å². The number of phenolic OH excluding ortho intramolecular Hbond substituents is 3. The van der Waals surface area contributed by atoms with Crippen LogP contribution >= 0.6 is 0 Å². The average Bonchev–Trinajstić information content (AvgIpc) is 2.96. The fourth-order valence-electron chi connectivity index (χ4n) is 4.68. The maximum Gasteiger partial charge on any atom is 0.132 e. The molecule has 0 spiro atoms. The van der Waals surface area contributed by atoms with Crippen molar-refractivity contribution >= 4 is 21.5 Å². The van der Waals surface area contributed by atoms with Crippen molar-refractivity contribution in [3.8, 4) is 28.7 Å². The second-order valence-electron chi connectivity index (χ2n) is 9.19. The van der Waals surface area contributed by atoms with Crippen LogP contribution in [0.4, 0.5) is 0 Å². The van der Waals surface area contributed by atoms with Crippen molar-refractivity contribution in [1.29, 1.82) is 0 Å². The molecule has 6 nitrogen and oxygen atoms in total. The van der Waals surface area contributed by atoms with Crippen molar-refractivity contribution < 1.29 is 29.9 Å². The fourth-order valence-corrected chi connectivity index (χ4v) is 4.68. The maximum absolute atomic E-state index is 9.99. The van der Waals surface area contributed by atoms with Gasteiger partial charge in [-0.3, -0.25) is 0 Å². The Labute approximate surface area is 228 Å². The zero-order valence-corrected chi connectivity index (χ0v) is 22.4. The molecule has 6 rings (SSSR count). The Bertz CT molecular complexity index is 1460. The zero-order valence-electron chi connectivity index (χ0n) is 22.4. The van der Waals surface area contributed by atoms with Crippen LogP contribution in [0.1, 0.15) is 42.9 Å². The van der Waals surface area contributed by atoms with E-state index in [-0.39, 0.29) is 23.2 Å². The molecule has 0 atom stereocenters. The highest BCUT2D eigenvalue weighted by Crippen LogP contribution is 2.52. The largest absolute Gasteiger partial charge is 0.508 e. The van der Waals surface area contributed by atoms with E-state index in [0.717, 1.165) is 62.8 Å². The second-order valence-corrected chi connectivity index (χ2v) is 9.19. The Morgan fingerprint density at radius 1 is 0.667 bits per heavy atom. The Morgan fingerprint density at radius 2 is 1.10 bits per heavy atom. The smallest absolute Gasteiger partial charge is 0.132 e. The van der Waals surface area contributed by atoms with E-state index < -0.39 is 0 Å². The third-order valence-corrected chi connectivity index (χ3v) is 6.55. The van der Waals surface area contributed by atoms with Gasteiger partial charge in [-0.25, -0.2) is 0 Å². The molecule has 1 heterocycles. The Morgan fingerprint density at radius 3 is 1.51 bits per heavy atom. The molecule has 5 aromatic rings. The van der Waals surface area contributed by atoms with Gasteiger partial charge in [-0.2, -0.15) is 0 Å². The van der Waals surface area contributed by atoms with E-state index in [9.17, 15) is 15.3 Å². The molecule has 0 saturated heterocycles. The summed E-state index contributed by atoms with van der Waals surface area (Å²) in [5.41, 5.74) is 3.04. The van der Waals surface area contributed by atoms with E-state index in [2.05, 4.69) is 4.74 Å². The van der Waals surface area contributed by atoms with Crippen LogP contribution in [-0.2, 0) is 4.74 Å². The number of phenols is 3. The summed E-state index contributed by atoms with van der Waals surface area (Å²) < 4.78 is 10.9. The highest BCUT2D eigenvalue weighted by Gasteiger charge is 2.32. The van der Waals surface area contributed by atoms with Crippen molar-refractivity contribution in [3.63, 3.8) is 0 Å². The summed E-state index contributed by atoms with van der Waals surface area (Å²) in [5.74, 6) is 2.02. The lowest BCUT2D eigenvalue weighted by molar-refractivity contribution is 0.215. The molecule has 4 N–H and O–H groups in total. The Balaban J connectivity index is 0.000000392. The average molecular weight is 527 g/mol. The summed E-state index contributed by atoms with van der Waals surface area (Å²) in [7, 11) is 1.68. The zero-order chi connectivity index (χ0) is 27.9. The summed E-state index contributed by atoms with van der Waals surface area (Å²) >= 11 is 0. The third kappa shape index (κ3) is 5.93. The minimum Gasteiger partial charge on any atom is -0.508 e. The number of ether oxygens (including phenoxy) is 2. The van der Waals surface area contributed by atoms with Crippen LogP contribution < -0.4 is 4.74 Å². The molecule has 0 fully saturated rings. The molecule has 0 aromatic heterocycles. The molecular formula is C33H34O6. The number of hydrogen-bond acceptors (Lipinski definition) is 6. The van der Waals surface area contributed by atoms with E-state index in [1.165, 1.54) is 0 Å². The van der Waals surface area contributed by atoms with Crippen LogP contribution in [-0.4, -0.2) is 40.7 Å². The van der Waals surface area contributed by atoms with Gasteiger partial charge in [-0.1, -0.05) is 43.3 Å². The van der Waals surface area contributed by atoms with Crippen LogP contribution in [0.3, 0.4) is 0 Å². The monoisotopic (exact) mass is 526 g/mol. The van der Waals surface area contributed by atoms with Crippen LogP contribution in [0.5, 0.6) is 28.7 Å². The van der Waals surface area contributed by atoms with Crippen molar-refractivity contribution in [2.75, 3.05) is 20.3 Å². The van der Waals surface area contributed by atoms with E-state index in [0.29, 0.717) is 6.61 Å². The normalized spacial score (nSPS) is 11.9. The van der Waals surface area contributed by atoms with Gasteiger partial charge in [0.2, 0.25) is 0 Å². The van der Waals surface area contributed by atoms with Crippen molar-refractivity contribution in [1.82, 2.24) is 0 Å². The molecule has 5 aromatic carbocycles. The number of aromatic hydroxyl groups is 3. The summed E-state index contributed by atoms with van der Waals surface area (Å²) in [6.07, 6.45) is 0.875. The Kier molecular flexibility index (Phi) is 8.92. The number of benzene rings is 5. The first-order chi connectivity index (χ1) is 18.9. The van der Waals surface area contributed by atoms with Gasteiger partial charge in [0.05, 0.1) is 0 Å². The van der Waals surface area contributed by atoms with E-state index in [1.54, 1.807) is 43.5 Å². The van der Waals surface area contributed by atoms with Gasteiger partial charge in [-0.15, -0.1) is 0 Å². The molecule has 1 aliphatic rings. The first kappa shape index (κ1) is 27.8. The van der Waals surface area contributed by atoms with E-state index in [4.69, 9.17) is 9.84 Å². The highest BCUT2D eigenvalue weighted by molar-refractivity contribution is 5.95. The van der Waals surface area contributed by atoms with Gasteiger partial charge < -0.3 is 29.9 Å². The lowest BCUT2D eigenvalue weighted by atomic mass is 9.78. The lowest BCUT2D eigenvalue weighted by Crippen LogP contribution is -2.13. The predicted octanol–water partition coefficient (Wildman–Crippen LogP) is 7.44. The number of aliphatic hydroxyl groups is 1. The first-order valence-electron chi connectivity index (χ1n) is 13.0. The van der Waals surface area contributed by atoms with Crippen LogP contribution in [0.25, 0.3) is 21.5 Å². The number of methoxy groups -OCH3 is 1. The van der Waals surface area contributed by atoms with E-state index >= 15 is 0 Å². The quantitative estimate of drug-likeness (QED) is 0.191. The van der Waals surface area contributed by atoms with Gasteiger partial charge in [0.15, 0.2) is 0 Å². The van der Waals surface area contributed by atoms with Crippen LogP contribution in [0.15, 0.2) is 84.9 Å². The molecule has 39 heavy (non-hydrogen) atoms. The topological polar surface area (TPSA) is 99.4 Å². The summed E-state index contributed by atoms with van der Waals surface area (Å²) in [4.78, 5) is 0. The number of fused-ring (bicyclic) bond motifs is 6. The SMILES string of the molecule is CCCO.CCOC.Oc1ccc(C2c3c(ccc4cc(O)ccc34)Oc3ccc4cc(O)ccc4c32)cc1. The van der Waals surface area contributed by atoms with Gasteiger partial charge >= 0.3 is 0 Å². The fraction of sp³-hybridized carbons (Fsp3) is 0.212. The molecule has 1 aliphatic heterocycles. The Hall–Kier alpha value is -4.26. The number of rotatable bonds is 3. The molecule has 0 aliphatic carbocycles. The highest BCUT2D eigenvalue weighted by atomic mass is 16.5. The summed E-state index contributed by atoms with van der Waals surface area (Å²) in [6, 6.07) is 25.7. The third-order valence-electron chi connectivity index (χ3n) is 6.55.